The summed E-state index contributed by atoms with van der Waals surface area (Å²) in [5, 5.41) is 14.5. The van der Waals surface area contributed by atoms with Crippen molar-refractivity contribution in [3.8, 4) is 0 Å². The van der Waals surface area contributed by atoms with Crippen LogP contribution >= 0.6 is 11.3 Å². The van der Waals surface area contributed by atoms with Crippen molar-refractivity contribution in [3.05, 3.63) is 52.0 Å². The number of hydrogen-bond donors (Lipinski definition) is 2. The van der Waals surface area contributed by atoms with E-state index in [2.05, 4.69) is 10.3 Å². The molecule has 6 heteroatoms. The average Bonchev–Trinajstić information content (AvgIpc) is 2.93. The highest BCUT2D eigenvalue weighted by atomic mass is 32.1. The van der Waals surface area contributed by atoms with Gasteiger partial charge in [-0.3, -0.25) is 9.59 Å². The minimum atomic E-state index is -0.976. The first-order valence-corrected chi connectivity index (χ1v) is 8.22. The van der Waals surface area contributed by atoms with E-state index in [0.717, 1.165) is 11.4 Å². The molecule has 5 nitrogen and oxygen atoms in total. The molecule has 122 valence electrons. The molecule has 0 spiro atoms. The van der Waals surface area contributed by atoms with Gasteiger partial charge in [0.1, 0.15) is 0 Å². The predicted octanol–water partition coefficient (Wildman–Crippen LogP) is 2.50. The number of carboxylic acid groups (broad SMARTS) is 1. The minimum Gasteiger partial charge on any atom is -0.481 e. The Morgan fingerprint density at radius 2 is 1.96 bits per heavy atom. The van der Waals surface area contributed by atoms with Crippen LogP contribution in [-0.4, -0.2) is 28.5 Å². The molecule has 2 N–H and O–H groups in total. The van der Waals surface area contributed by atoms with Gasteiger partial charge in [-0.1, -0.05) is 30.3 Å². The highest BCUT2D eigenvalue weighted by Gasteiger charge is 2.27. The lowest BCUT2D eigenvalue weighted by molar-refractivity contribution is -0.146. The van der Waals surface area contributed by atoms with Crippen molar-refractivity contribution >= 4 is 23.2 Å². The summed E-state index contributed by atoms with van der Waals surface area (Å²) in [7, 11) is 0. The molecule has 0 saturated heterocycles. The van der Waals surface area contributed by atoms with Crippen molar-refractivity contribution in [1.29, 1.82) is 0 Å². The zero-order valence-corrected chi connectivity index (χ0v) is 14.0. The number of hydrogen-bond acceptors (Lipinski definition) is 4. The molecule has 0 atom stereocenters. The number of carbonyl (C=O) groups excluding carboxylic acids is 1. The fourth-order valence-electron chi connectivity index (χ4n) is 1.90. The summed E-state index contributed by atoms with van der Waals surface area (Å²) in [4.78, 5) is 27.4. The highest BCUT2D eigenvalue weighted by molar-refractivity contribution is 7.09. The van der Waals surface area contributed by atoms with Crippen LogP contribution in [-0.2, 0) is 22.4 Å². The SMILES string of the molecule is CC(C)(CNC(=O)Cc1csc(Cc2ccccc2)n1)C(=O)O. The first-order chi connectivity index (χ1) is 10.9. The number of benzene rings is 1. The normalized spacial score (nSPS) is 11.2. The van der Waals surface area contributed by atoms with E-state index in [-0.39, 0.29) is 18.9 Å². The molecular weight excluding hydrogens is 312 g/mol. The third-order valence-corrected chi connectivity index (χ3v) is 4.34. The van der Waals surface area contributed by atoms with E-state index in [1.165, 1.54) is 16.9 Å². The smallest absolute Gasteiger partial charge is 0.310 e. The summed E-state index contributed by atoms with van der Waals surface area (Å²) in [6, 6.07) is 10.0. The van der Waals surface area contributed by atoms with Gasteiger partial charge in [-0.25, -0.2) is 4.98 Å². The predicted molar refractivity (Wildman–Crippen MR) is 89.5 cm³/mol. The Hall–Kier alpha value is -2.21. The van der Waals surface area contributed by atoms with E-state index in [4.69, 9.17) is 5.11 Å². The maximum Gasteiger partial charge on any atom is 0.310 e. The van der Waals surface area contributed by atoms with Gasteiger partial charge in [-0.05, 0) is 19.4 Å². The van der Waals surface area contributed by atoms with E-state index in [1.54, 1.807) is 13.8 Å². The van der Waals surface area contributed by atoms with Crippen LogP contribution in [0.25, 0.3) is 0 Å². The zero-order chi connectivity index (χ0) is 16.9. The van der Waals surface area contributed by atoms with Gasteiger partial charge < -0.3 is 10.4 Å². The largest absolute Gasteiger partial charge is 0.481 e. The number of nitrogens with one attached hydrogen (secondary N) is 1. The topological polar surface area (TPSA) is 79.3 Å². The summed E-state index contributed by atoms with van der Waals surface area (Å²) >= 11 is 1.53. The van der Waals surface area contributed by atoms with Gasteiger partial charge in [0.05, 0.1) is 22.5 Å². The van der Waals surface area contributed by atoms with Gasteiger partial charge in [0.15, 0.2) is 0 Å². The quantitative estimate of drug-likeness (QED) is 0.816. The van der Waals surface area contributed by atoms with Gasteiger partial charge in [0.25, 0.3) is 0 Å². The maximum atomic E-state index is 11.9. The lowest BCUT2D eigenvalue weighted by atomic mass is 9.94. The summed E-state index contributed by atoms with van der Waals surface area (Å²) in [6.45, 7) is 3.26. The van der Waals surface area contributed by atoms with E-state index in [0.29, 0.717) is 5.69 Å². The number of aromatic nitrogens is 1. The molecule has 2 rings (SSSR count). The van der Waals surface area contributed by atoms with Gasteiger partial charge in [0, 0.05) is 18.3 Å². The Kier molecular flexibility index (Phi) is 5.50. The molecule has 1 aromatic carbocycles. The summed E-state index contributed by atoms with van der Waals surface area (Å²) in [5.74, 6) is -1.15. The molecule has 1 aromatic heterocycles. The first kappa shape index (κ1) is 17.1. The molecule has 0 aliphatic heterocycles. The van der Waals surface area contributed by atoms with Crippen molar-refractivity contribution in [1.82, 2.24) is 10.3 Å². The van der Waals surface area contributed by atoms with Crippen LogP contribution in [0.2, 0.25) is 0 Å². The molecule has 0 aliphatic rings. The van der Waals surface area contributed by atoms with Crippen LogP contribution in [0.4, 0.5) is 0 Å². The second kappa shape index (κ2) is 7.37. The molecule has 2 aromatic rings. The number of rotatable bonds is 7. The lowest BCUT2D eigenvalue weighted by Crippen LogP contribution is -2.39. The molecular formula is C17H20N2O3S. The first-order valence-electron chi connectivity index (χ1n) is 7.34. The second-order valence-electron chi connectivity index (χ2n) is 6.04. The van der Waals surface area contributed by atoms with E-state index >= 15 is 0 Å². The van der Waals surface area contributed by atoms with Crippen molar-refractivity contribution in [2.45, 2.75) is 26.7 Å². The Morgan fingerprint density at radius 1 is 1.26 bits per heavy atom. The average molecular weight is 332 g/mol. The summed E-state index contributed by atoms with van der Waals surface area (Å²) < 4.78 is 0. The van der Waals surface area contributed by atoms with Gasteiger partial charge in [-0.2, -0.15) is 0 Å². The Balaban J connectivity index is 1.86. The minimum absolute atomic E-state index is 0.0994. The standard InChI is InChI=1S/C17H20N2O3S/c1-17(2,16(21)22)11-18-14(20)9-13-10-23-15(19-13)8-12-6-4-3-5-7-12/h3-7,10H,8-9,11H2,1-2H3,(H,18,20)(H,21,22). The number of amides is 1. The molecule has 0 radical (unpaired) electrons. The molecule has 0 bridgehead atoms. The number of carboxylic acids is 1. The Labute approximate surface area is 139 Å². The molecule has 1 heterocycles. The van der Waals surface area contributed by atoms with Crippen LogP contribution in [0.15, 0.2) is 35.7 Å². The van der Waals surface area contributed by atoms with Crippen LogP contribution < -0.4 is 5.32 Å². The lowest BCUT2D eigenvalue weighted by Gasteiger charge is -2.19. The molecule has 23 heavy (non-hydrogen) atoms. The molecule has 1 amide bonds. The number of aliphatic carboxylic acids is 1. The van der Waals surface area contributed by atoms with E-state index < -0.39 is 11.4 Å². The third-order valence-electron chi connectivity index (χ3n) is 3.45. The fourth-order valence-corrected chi connectivity index (χ4v) is 2.73. The third kappa shape index (κ3) is 5.17. The Bertz CT molecular complexity index is 680. The molecule has 0 fully saturated rings. The van der Waals surface area contributed by atoms with E-state index in [1.807, 2.05) is 35.7 Å². The van der Waals surface area contributed by atoms with Crippen molar-refractivity contribution in [2.75, 3.05) is 6.54 Å². The van der Waals surface area contributed by atoms with Crippen molar-refractivity contribution in [2.24, 2.45) is 5.41 Å². The molecule has 0 unspecified atom stereocenters. The highest BCUT2D eigenvalue weighted by Crippen LogP contribution is 2.16. The molecule has 0 saturated carbocycles. The second-order valence-corrected chi connectivity index (χ2v) is 6.98. The van der Waals surface area contributed by atoms with E-state index in [9.17, 15) is 9.59 Å². The van der Waals surface area contributed by atoms with Gasteiger partial charge in [-0.15, -0.1) is 11.3 Å². The molecule has 0 aliphatic carbocycles. The zero-order valence-electron chi connectivity index (χ0n) is 13.2. The number of thiazole rings is 1. The monoisotopic (exact) mass is 332 g/mol. The fraction of sp³-hybridized carbons (Fsp3) is 0.353. The van der Waals surface area contributed by atoms with Crippen molar-refractivity contribution < 1.29 is 14.7 Å². The number of carbonyl (C=O) groups is 2. The summed E-state index contributed by atoms with van der Waals surface area (Å²) in [6.07, 6.45) is 0.917. The van der Waals surface area contributed by atoms with Gasteiger partial charge in [0.2, 0.25) is 5.91 Å². The van der Waals surface area contributed by atoms with Gasteiger partial charge >= 0.3 is 5.97 Å². The summed E-state index contributed by atoms with van der Waals surface area (Å²) in [5.41, 5.74) is 0.920. The maximum absolute atomic E-state index is 11.9. The van der Waals surface area contributed by atoms with Crippen LogP contribution in [0, 0.1) is 5.41 Å². The van der Waals surface area contributed by atoms with Crippen LogP contribution in [0.5, 0.6) is 0 Å². The Morgan fingerprint density at radius 3 is 2.61 bits per heavy atom. The van der Waals surface area contributed by atoms with Crippen LogP contribution in [0.3, 0.4) is 0 Å². The number of nitrogens with zero attached hydrogens (tertiary/aromatic N) is 1. The van der Waals surface area contributed by atoms with Crippen LogP contribution in [0.1, 0.15) is 30.1 Å². The van der Waals surface area contributed by atoms with Crippen molar-refractivity contribution in [3.63, 3.8) is 0 Å².